The number of nitrogens with one attached hydrogen (secondary N) is 1. The molecule has 136 valence electrons. The maximum absolute atomic E-state index is 12.8. The molecule has 6 nitrogen and oxygen atoms in total. The van der Waals surface area contributed by atoms with Gasteiger partial charge in [0.15, 0.2) is 0 Å². The van der Waals surface area contributed by atoms with E-state index in [0.717, 1.165) is 51.6 Å². The summed E-state index contributed by atoms with van der Waals surface area (Å²) in [6, 6.07) is -0.350. The first-order chi connectivity index (χ1) is 11.4. The van der Waals surface area contributed by atoms with Crippen molar-refractivity contribution < 1.29 is 14.3 Å². The van der Waals surface area contributed by atoms with Crippen LogP contribution in [0.15, 0.2) is 0 Å². The maximum Gasteiger partial charge on any atom is 0.325 e. The Morgan fingerprint density at radius 1 is 1.29 bits per heavy atom. The largest absolute Gasteiger partial charge is 0.380 e. The van der Waals surface area contributed by atoms with Gasteiger partial charge >= 0.3 is 6.03 Å². The molecule has 0 unspecified atom stereocenters. The summed E-state index contributed by atoms with van der Waals surface area (Å²) in [7, 11) is 0. The number of imide groups is 1. The lowest BCUT2D eigenvalue weighted by Crippen LogP contribution is -2.56. The standard InChI is InChI=1S/C18H31N3O3/c1-13(2)21-16(22)18(3,19-17(21)23)15-5-4-8-20(11-15)9-10-24-12-14-6-7-14/h13-15H,4-12H2,1-3H3,(H,19,23)/t15-,18+/m1/s1. The lowest BCUT2D eigenvalue weighted by atomic mass is 9.80. The fraction of sp³-hybridized carbons (Fsp3) is 0.889. The van der Waals surface area contributed by atoms with Crippen molar-refractivity contribution in [3.63, 3.8) is 0 Å². The highest BCUT2D eigenvalue weighted by Crippen LogP contribution is 2.33. The Labute approximate surface area is 144 Å². The van der Waals surface area contributed by atoms with Crippen LogP contribution in [-0.4, -0.2) is 66.2 Å². The highest BCUT2D eigenvalue weighted by atomic mass is 16.5. The van der Waals surface area contributed by atoms with E-state index in [1.807, 2.05) is 20.8 Å². The molecule has 1 N–H and O–H groups in total. The van der Waals surface area contributed by atoms with E-state index >= 15 is 0 Å². The number of ether oxygens (including phenoxy) is 1. The van der Waals surface area contributed by atoms with Gasteiger partial charge in [-0.1, -0.05) is 0 Å². The van der Waals surface area contributed by atoms with Crippen LogP contribution in [0.2, 0.25) is 0 Å². The van der Waals surface area contributed by atoms with E-state index in [2.05, 4.69) is 10.2 Å². The van der Waals surface area contributed by atoms with Crippen LogP contribution in [0.25, 0.3) is 0 Å². The predicted molar refractivity (Wildman–Crippen MR) is 91.6 cm³/mol. The van der Waals surface area contributed by atoms with Crippen molar-refractivity contribution in [2.24, 2.45) is 11.8 Å². The zero-order chi connectivity index (χ0) is 17.3. The third-order valence-corrected chi connectivity index (χ3v) is 5.69. The second-order valence-corrected chi connectivity index (χ2v) is 8.06. The average molecular weight is 337 g/mol. The number of hydrogen-bond donors (Lipinski definition) is 1. The van der Waals surface area contributed by atoms with Crippen LogP contribution < -0.4 is 5.32 Å². The third kappa shape index (κ3) is 3.59. The number of urea groups is 1. The van der Waals surface area contributed by atoms with Crippen molar-refractivity contribution in [1.82, 2.24) is 15.1 Å². The molecule has 1 aliphatic carbocycles. The molecule has 3 amide bonds. The molecule has 0 bridgehead atoms. The molecule has 3 rings (SSSR count). The Morgan fingerprint density at radius 2 is 2.04 bits per heavy atom. The number of nitrogens with zero attached hydrogens (tertiary/aromatic N) is 2. The Kier molecular flexibility index (Phi) is 5.16. The zero-order valence-electron chi connectivity index (χ0n) is 15.2. The van der Waals surface area contributed by atoms with Gasteiger partial charge in [-0.3, -0.25) is 9.69 Å². The Bertz CT molecular complexity index is 492. The minimum Gasteiger partial charge on any atom is -0.380 e. The topological polar surface area (TPSA) is 61.9 Å². The zero-order valence-corrected chi connectivity index (χ0v) is 15.2. The van der Waals surface area contributed by atoms with E-state index < -0.39 is 5.54 Å². The normalized spacial score (nSPS) is 31.8. The number of rotatable bonds is 7. The molecule has 24 heavy (non-hydrogen) atoms. The summed E-state index contributed by atoms with van der Waals surface area (Å²) in [6.07, 6.45) is 4.68. The summed E-state index contributed by atoms with van der Waals surface area (Å²) in [4.78, 5) is 28.8. The van der Waals surface area contributed by atoms with Crippen LogP contribution >= 0.6 is 0 Å². The molecule has 3 fully saturated rings. The Hall–Kier alpha value is -1.14. The van der Waals surface area contributed by atoms with Gasteiger partial charge in [0.1, 0.15) is 5.54 Å². The first-order valence-electron chi connectivity index (χ1n) is 9.37. The quantitative estimate of drug-likeness (QED) is 0.569. The van der Waals surface area contributed by atoms with Gasteiger partial charge in [-0.15, -0.1) is 0 Å². The van der Waals surface area contributed by atoms with E-state index in [4.69, 9.17) is 4.74 Å². The van der Waals surface area contributed by atoms with E-state index in [1.54, 1.807) is 0 Å². The molecular formula is C18H31N3O3. The van der Waals surface area contributed by atoms with Gasteiger partial charge < -0.3 is 15.0 Å². The maximum atomic E-state index is 12.8. The summed E-state index contributed by atoms with van der Waals surface area (Å²) in [6.45, 7) is 10.1. The van der Waals surface area contributed by atoms with Crippen LogP contribution in [0.3, 0.4) is 0 Å². The molecule has 2 atom stereocenters. The van der Waals surface area contributed by atoms with Crippen LogP contribution in [-0.2, 0) is 9.53 Å². The monoisotopic (exact) mass is 337 g/mol. The lowest BCUT2D eigenvalue weighted by molar-refractivity contribution is -0.134. The fourth-order valence-electron chi connectivity index (χ4n) is 3.88. The highest BCUT2D eigenvalue weighted by Gasteiger charge is 2.53. The minimum atomic E-state index is -0.769. The fourth-order valence-corrected chi connectivity index (χ4v) is 3.88. The number of piperidine rings is 1. The molecule has 0 aromatic carbocycles. The smallest absolute Gasteiger partial charge is 0.325 e. The average Bonchev–Trinajstić information content (AvgIpc) is 3.32. The molecule has 0 aromatic rings. The van der Waals surface area contributed by atoms with Gasteiger partial charge in [0.05, 0.1) is 6.61 Å². The molecule has 2 aliphatic heterocycles. The Morgan fingerprint density at radius 3 is 2.67 bits per heavy atom. The summed E-state index contributed by atoms with van der Waals surface area (Å²) in [5.74, 6) is 0.889. The van der Waals surface area contributed by atoms with E-state index in [1.165, 1.54) is 17.7 Å². The van der Waals surface area contributed by atoms with Crippen molar-refractivity contribution in [3.8, 4) is 0 Å². The molecule has 2 heterocycles. The van der Waals surface area contributed by atoms with Gasteiger partial charge in [0.2, 0.25) is 0 Å². The van der Waals surface area contributed by atoms with Gasteiger partial charge in [0, 0.05) is 31.7 Å². The van der Waals surface area contributed by atoms with Gasteiger partial charge in [0.25, 0.3) is 5.91 Å². The van der Waals surface area contributed by atoms with Crippen LogP contribution in [0.4, 0.5) is 4.79 Å². The molecule has 6 heteroatoms. The first-order valence-corrected chi connectivity index (χ1v) is 9.37. The highest BCUT2D eigenvalue weighted by molar-refractivity contribution is 6.07. The van der Waals surface area contributed by atoms with E-state index in [9.17, 15) is 9.59 Å². The number of likely N-dealkylation sites (tertiary alicyclic amines) is 1. The summed E-state index contributed by atoms with van der Waals surface area (Å²) in [5.41, 5.74) is -0.769. The van der Waals surface area contributed by atoms with Crippen molar-refractivity contribution in [2.45, 2.75) is 58.0 Å². The van der Waals surface area contributed by atoms with Crippen molar-refractivity contribution >= 4 is 11.9 Å². The van der Waals surface area contributed by atoms with Crippen molar-refractivity contribution in [2.75, 3.05) is 32.8 Å². The number of carbonyl (C=O) groups is 2. The number of amides is 3. The SMILES string of the molecule is CC(C)N1C(=O)N[C@@](C)([C@@H]2CCCN(CCOCC3CC3)C2)C1=O. The van der Waals surface area contributed by atoms with Crippen molar-refractivity contribution in [1.29, 1.82) is 0 Å². The summed E-state index contributed by atoms with van der Waals surface area (Å²) < 4.78 is 5.75. The van der Waals surface area contributed by atoms with Crippen molar-refractivity contribution in [3.05, 3.63) is 0 Å². The Balaban J connectivity index is 1.55. The first kappa shape index (κ1) is 17.7. The molecule has 0 aromatic heterocycles. The molecule has 3 aliphatic rings. The van der Waals surface area contributed by atoms with E-state index in [-0.39, 0.29) is 23.9 Å². The molecule has 0 radical (unpaired) electrons. The molecular weight excluding hydrogens is 306 g/mol. The minimum absolute atomic E-state index is 0.0701. The van der Waals surface area contributed by atoms with Crippen LogP contribution in [0.5, 0.6) is 0 Å². The number of hydrogen-bond acceptors (Lipinski definition) is 4. The van der Waals surface area contributed by atoms with Crippen LogP contribution in [0.1, 0.15) is 46.5 Å². The molecule has 1 saturated carbocycles. The van der Waals surface area contributed by atoms with Gasteiger partial charge in [-0.05, 0) is 58.9 Å². The second-order valence-electron chi connectivity index (χ2n) is 8.06. The van der Waals surface area contributed by atoms with Gasteiger partial charge in [-0.2, -0.15) is 0 Å². The summed E-state index contributed by atoms with van der Waals surface area (Å²) in [5, 5.41) is 2.97. The molecule has 2 saturated heterocycles. The third-order valence-electron chi connectivity index (χ3n) is 5.69. The molecule has 0 spiro atoms. The predicted octanol–water partition coefficient (Wildman–Crippen LogP) is 1.84. The summed E-state index contributed by atoms with van der Waals surface area (Å²) >= 11 is 0. The number of carbonyl (C=O) groups excluding carboxylic acids is 2. The second kappa shape index (κ2) is 7.00. The van der Waals surface area contributed by atoms with Gasteiger partial charge in [-0.25, -0.2) is 4.79 Å². The van der Waals surface area contributed by atoms with E-state index in [0.29, 0.717) is 0 Å². The lowest BCUT2D eigenvalue weighted by Gasteiger charge is -2.39. The van der Waals surface area contributed by atoms with Crippen LogP contribution in [0, 0.1) is 11.8 Å².